The van der Waals surface area contributed by atoms with Gasteiger partial charge in [-0.2, -0.15) is 5.10 Å². The van der Waals surface area contributed by atoms with Gasteiger partial charge in [0.05, 0.1) is 22.3 Å². The van der Waals surface area contributed by atoms with E-state index in [1.807, 2.05) is 6.92 Å². The van der Waals surface area contributed by atoms with Crippen molar-refractivity contribution >= 4 is 15.6 Å². The first-order chi connectivity index (χ1) is 9.02. The van der Waals surface area contributed by atoms with Gasteiger partial charge in [-0.1, -0.05) is 0 Å². The maximum atomic E-state index is 12.4. The van der Waals surface area contributed by atoms with Gasteiger partial charge in [0.15, 0.2) is 15.6 Å². The summed E-state index contributed by atoms with van der Waals surface area (Å²) in [5.74, 6) is -0.0815. The van der Waals surface area contributed by atoms with Crippen LogP contribution in [0.5, 0.6) is 0 Å². The first-order valence-electron chi connectivity index (χ1n) is 6.81. The van der Waals surface area contributed by atoms with Crippen LogP contribution in [-0.4, -0.2) is 34.5 Å². The molecule has 6 heteroatoms. The number of ketones is 1. The number of aromatic nitrogens is 2. The highest BCUT2D eigenvalue weighted by Gasteiger charge is 2.48. The Bertz CT molecular complexity index is 585. The van der Waals surface area contributed by atoms with Crippen LogP contribution in [0.4, 0.5) is 0 Å². The Hall–Kier alpha value is -1.17. The predicted octanol–water partition coefficient (Wildman–Crippen LogP) is 1.44. The highest BCUT2D eigenvalue weighted by Crippen LogP contribution is 2.42. The average Bonchev–Trinajstić information content (AvgIpc) is 2.87. The molecule has 0 spiro atoms. The molecule has 0 saturated carbocycles. The number of hydrogen-bond donors (Lipinski definition) is 0. The van der Waals surface area contributed by atoms with E-state index in [4.69, 9.17) is 0 Å². The number of sulfone groups is 1. The normalized spacial score (nSPS) is 32.4. The first-order valence-corrected chi connectivity index (χ1v) is 8.42. The second kappa shape index (κ2) is 4.44. The summed E-state index contributed by atoms with van der Waals surface area (Å²) in [6.45, 7) is 2.70. The van der Waals surface area contributed by atoms with Crippen LogP contribution < -0.4 is 0 Å². The Morgan fingerprint density at radius 3 is 2.53 bits per heavy atom. The van der Waals surface area contributed by atoms with Gasteiger partial charge in [0, 0.05) is 18.7 Å². The van der Waals surface area contributed by atoms with Crippen molar-refractivity contribution in [2.24, 2.45) is 5.92 Å². The molecule has 2 bridgehead atoms. The summed E-state index contributed by atoms with van der Waals surface area (Å²) < 4.78 is 25.7. The van der Waals surface area contributed by atoms with Crippen LogP contribution in [0.1, 0.15) is 43.0 Å². The monoisotopic (exact) mass is 282 g/mol. The van der Waals surface area contributed by atoms with E-state index in [0.29, 0.717) is 18.4 Å². The van der Waals surface area contributed by atoms with Gasteiger partial charge in [-0.15, -0.1) is 0 Å². The average molecular weight is 282 g/mol. The molecule has 2 aliphatic heterocycles. The van der Waals surface area contributed by atoms with Gasteiger partial charge in [0.25, 0.3) is 0 Å². The quantitative estimate of drug-likeness (QED) is 0.787. The summed E-state index contributed by atoms with van der Waals surface area (Å²) in [5, 5.41) is 3.53. The molecule has 0 N–H and O–H groups in total. The summed E-state index contributed by atoms with van der Waals surface area (Å²) in [6.07, 6.45) is 5.80. The summed E-state index contributed by atoms with van der Waals surface area (Å²) in [4.78, 5) is 12.4. The van der Waals surface area contributed by atoms with Crippen LogP contribution in [0.3, 0.4) is 0 Å². The molecule has 2 saturated heterocycles. The largest absolute Gasteiger partial charge is 0.294 e. The zero-order chi connectivity index (χ0) is 13.6. The molecule has 5 nitrogen and oxygen atoms in total. The van der Waals surface area contributed by atoms with E-state index in [2.05, 4.69) is 5.10 Å². The van der Waals surface area contributed by atoms with E-state index in [0.717, 1.165) is 19.4 Å². The van der Waals surface area contributed by atoms with Gasteiger partial charge in [0.1, 0.15) is 0 Å². The summed E-state index contributed by atoms with van der Waals surface area (Å²) >= 11 is 0. The summed E-state index contributed by atoms with van der Waals surface area (Å²) in [6, 6.07) is 0. The van der Waals surface area contributed by atoms with Crippen LogP contribution in [-0.2, 0) is 16.4 Å². The van der Waals surface area contributed by atoms with Gasteiger partial charge in [-0.3, -0.25) is 9.48 Å². The van der Waals surface area contributed by atoms with Crippen LogP contribution >= 0.6 is 0 Å². The van der Waals surface area contributed by atoms with Crippen LogP contribution in [0, 0.1) is 5.92 Å². The third-order valence-corrected chi connectivity index (χ3v) is 7.16. The minimum Gasteiger partial charge on any atom is -0.294 e. The molecule has 19 heavy (non-hydrogen) atoms. The molecular weight excluding hydrogens is 264 g/mol. The smallest absolute Gasteiger partial charge is 0.169 e. The third kappa shape index (κ3) is 2.02. The molecule has 2 atom stereocenters. The Balaban J connectivity index is 1.80. The van der Waals surface area contributed by atoms with Crippen molar-refractivity contribution in [1.82, 2.24) is 9.78 Å². The minimum absolute atomic E-state index is 0.0616. The van der Waals surface area contributed by atoms with Crippen LogP contribution in [0.25, 0.3) is 0 Å². The van der Waals surface area contributed by atoms with Crippen molar-refractivity contribution in [3.63, 3.8) is 0 Å². The Morgan fingerprint density at radius 1 is 1.37 bits per heavy atom. The topological polar surface area (TPSA) is 69.0 Å². The molecule has 2 fully saturated rings. The molecule has 1 aromatic rings. The molecule has 2 unspecified atom stereocenters. The summed E-state index contributed by atoms with van der Waals surface area (Å²) in [5.41, 5.74) is 0.616. The molecule has 3 heterocycles. The molecule has 0 aromatic carbocycles. The number of nitrogens with zero attached hydrogens (tertiary/aromatic N) is 2. The van der Waals surface area contributed by atoms with Crippen molar-refractivity contribution in [3.05, 3.63) is 18.0 Å². The zero-order valence-corrected chi connectivity index (χ0v) is 11.8. The van der Waals surface area contributed by atoms with E-state index >= 15 is 0 Å². The third-order valence-electron chi connectivity index (χ3n) is 4.45. The fraction of sp³-hybridized carbons (Fsp3) is 0.692. The zero-order valence-electron chi connectivity index (χ0n) is 10.9. The Labute approximate surface area is 112 Å². The molecule has 104 valence electrons. The molecule has 0 aliphatic carbocycles. The van der Waals surface area contributed by atoms with E-state index < -0.39 is 9.84 Å². The molecule has 0 amide bonds. The van der Waals surface area contributed by atoms with E-state index in [1.165, 1.54) is 0 Å². The standard InChI is InChI=1S/C13H18N2O3S/c1-2-15-8-10(7-14-15)13(16)9-5-11-3-4-12(6-9)19(11,17)18/h7-9,11-12H,2-6H2,1H3. The lowest BCUT2D eigenvalue weighted by Gasteiger charge is -2.26. The minimum atomic E-state index is -2.95. The first kappa shape index (κ1) is 12.8. The predicted molar refractivity (Wildman–Crippen MR) is 70.7 cm³/mol. The lowest BCUT2D eigenvalue weighted by atomic mass is 9.92. The fourth-order valence-electron chi connectivity index (χ4n) is 3.32. The maximum Gasteiger partial charge on any atom is 0.169 e. The lowest BCUT2D eigenvalue weighted by molar-refractivity contribution is 0.0905. The highest BCUT2D eigenvalue weighted by atomic mass is 32.2. The van der Waals surface area contributed by atoms with Crippen LogP contribution in [0.15, 0.2) is 12.4 Å². The van der Waals surface area contributed by atoms with Gasteiger partial charge in [-0.05, 0) is 32.6 Å². The lowest BCUT2D eigenvalue weighted by Crippen LogP contribution is -2.36. The number of aryl methyl sites for hydroxylation is 1. The molecule has 2 aliphatic rings. The Morgan fingerprint density at radius 2 is 2.00 bits per heavy atom. The summed E-state index contributed by atoms with van der Waals surface area (Å²) in [7, 11) is -2.95. The van der Waals surface area contributed by atoms with Crippen molar-refractivity contribution in [1.29, 1.82) is 0 Å². The van der Waals surface area contributed by atoms with Crippen molar-refractivity contribution in [3.8, 4) is 0 Å². The Kier molecular flexibility index (Phi) is 3.00. The van der Waals surface area contributed by atoms with E-state index in [9.17, 15) is 13.2 Å². The van der Waals surface area contributed by atoms with Crippen molar-refractivity contribution < 1.29 is 13.2 Å². The van der Waals surface area contributed by atoms with Gasteiger partial charge < -0.3 is 0 Å². The molecule has 3 rings (SSSR count). The number of fused-ring (bicyclic) bond motifs is 2. The molecular formula is C13H18N2O3S. The van der Waals surface area contributed by atoms with Gasteiger partial charge >= 0.3 is 0 Å². The van der Waals surface area contributed by atoms with E-state index in [1.54, 1.807) is 17.1 Å². The van der Waals surface area contributed by atoms with E-state index in [-0.39, 0.29) is 22.2 Å². The number of Topliss-reactive ketones (excluding diaryl/α,β-unsaturated/α-hetero) is 1. The van der Waals surface area contributed by atoms with Crippen molar-refractivity contribution in [2.75, 3.05) is 0 Å². The van der Waals surface area contributed by atoms with Gasteiger partial charge in [-0.25, -0.2) is 8.42 Å². The maximum absolute atomic E-state index is 12.4. The SMILES string of the molecule is CCn1cc(C(=O)C2CC3CCC(C2)S3(=O)=O)cn1. The van der Waals surface area contributed by atoms with Crippen molar-refractivity contribution in [2.45, 2.75) is 49.7 Å². The number of hydrogen-bond acceptors (Lipinski definition) is 4. The van der Waals surface area contributed by atoms with Crippen LogP contribution in [0.2, 0.25) is 0 Å². The molecule has 0 radical (unpaired) electrons. The fourth-order valence-corrected chi connectivity index (χ4v) is 5.80. The number of carbonyl (C=O) groups is 1. The van der Waals surface area contributed by atoms with Gasteiger partial charge in [0.2, 0.25) is 0 Å². The second-order valence-electron chi connectivity index (χ2n) is 5.53. The number of rotatable bonds is 3. The number of carbonyl (C=O) groups excluding carboxylic acids is 1. The second-order valence-corrected chi connectivity index (χ2v) is 8.04. The highest BCUT2D eigenvalue weighted by molar-refractivity contribution is 7.93. The molecule has 1 aromatic heterocycles.